The standard InChI is InChI=1S/C22H23NO2S2/c1-14(2)13-25-18-8-6-17(7-9-18)12-20-21(24)23(22(26)27-20)19-10-5-15(3)11-16(19)4/h5-12,14H,13H2,1-4H3/b20-12+. The lowest BCUT2D eigenvalue weighted by Crippen LogP contribution is -2.28. The second-order valence-electron chi connectivity index (χ2n) is 7.08. The Balaban J connectivity index is 1.80. The minimum Gasteiger partial charge on any atom is -0.493 e. The van der Waals surface area contributed by atoms with Gasteiger partial charge in [-0.25, -0.2) is 0 Å². The monoisotopic (exact) mass is 397 g/mol. The van der Waals surface area contributed by atoms with Crippen molar-refractivity contribution in [2.75, 3.05) is 11.5 Å². The normalized spacial score (nSPS) is 15.9. The molecule has 1 aliphatic rings. The van der Waals surface area contributed by atoms with Gasteiger partial charge in [-0.3, -0.25) is 9.69 Å². The summed E-state index contributed by atoms with van der Waals surface area (Å²) < 4.78 is 6.27. The number of aryl methyl sites for hydroxylation is 2. The Labute approximate surface area is 170 Å². The topological polar surface area (TPSA) is 29.5 Å². The number of hydrogen-bond donors (Lipinski definition) is 0. The number of carbonyl (C=O) groups excluding carboxylic acids is 1. The fourth-order valence-electron chi connectivity index (χ4n) is 2.81. The van der Waals surface area contributed by atoms with Crippen molar-refractivity contribution < 1.29 is 9.53 Å². The summed E-state index contributed by atoms with van der Waals surface area (Å²) in [6, 6.07) is 13.8. The van der Waals surface area contributed by atoms with Gasteiger partial charge in [0.05, 0.1) is 17.2 Å². The summed E-state index contributed by atoms with van der Waals surface area (Å²) in [7, 11) is 0. The largest absolute Gasteiger partial charge is 0.493 e. The third kappa shape index (κ3) is 4.60. The molecule has 27 heavy (non-hydrogen) atoms. The first kappa shape index (κ1) is 19.6. The molecule has 0 N–H and O–H groups in total. The van der Waals surface area contributed by atoms with E-state index < -0.39 is 0 Å². The van der Waals surface area contributed by atoms with Crippen LogP contribution in [0.3, 0.4) is 0 Å². The van der Waals surface area contributed by atoms with Gasteiger partial charge in [0, 0.05) is 0 Å². The maximum absolute atomic E-state index is 12.9. The number of thiocarbonyl (C=S) groups is 1. The Bertz CT molecular complexity index is 901. The molecule has 0 bridgehead atoms. The summed E-state index contributed by atoms with van der Waals surface area (Å²) in [5.41, 5.74) is 4.01. The highest BCUT2D eigenvalue weighted by atomic mass is 32.2. The zero-order valence-electron chi connectivity index (χ0n) is 16.0. The highest BCUT2D eigenvalue weighted by Crippen LogP contribution is 2.37. The Morgan fingerprint density at radius 2 is 1.85 bits per heavy atom. The van der Waals surface area contributed by atoms with E-state index in [9.17, 15) is 4.79 Å². The van der Waals surface area contributed by atoms with E-state index in [-0.39, 0.29) is 5.91 Å². The number of anilines is 1. The lowest BCUT2D eigenvalue weighted by molar-refractivity contribution is -0.113. The number of nitrogens with zero attached hydrogens (tertiary/aromatic N) is 1. The van der Waals surface area contributed by atoms with Crippen LogP contribution in [0.25, 0.3) is 6.08 Å². The molecule has 2 aromatic carbocycles. The van der Waals surface area contributed by atoms with Crippen molar-refractivity contribution in [2.45, 2.75) is 27.7 Å². The zero-order valence-corrected chi connectivity index (χ0v) is 17.6. The molecule has 3 nitrogen and oxygen atoms in total. The molecular weight excluding hydrogens is 374 g/mol. The molecule has 1 fully saturated rings. The van der Waals surface area contributed by atoms with Gasteiger partial charge in [-0.2, -0.15) is 0 Å². The summed E-state index contributed by atoms with van der Waals surface area (Å²) in [6.07, 6.45) is 1.88. The molecule has 0 saturated carbocycles. The van der Waals surface area contributed by atoms with Gasteiger partial charge < -0.3 is 4.74 Å². The number of hydrogen-bond acceptors (Lipinski definition) is 4. The van der Waals surface area contributed by atoms with Crippen LogP contribution in [0.15, 0.2) is 47.4 Å². The number of amides is 1. The maximum Gasteiger partial charge on any atom is 0.270 e. The van der Waals surface area contributed by atoms with Crippen LogP contribution in [0.2, 0.25) is 0 Å². The van der Waals surface area contributed by atoms with E-state index in [2.05, 4.69) is 19.9 Å². The van der Waals surface area contributed by atoms with Crippen molar-refractivity contribution in [1.82, 2.24) is 0 Å². The second-order valence-corrected chi connectivity index (χ2v) is 8.76. The zero-order chi connectivity index (χ0) is 19.6. The van der Waals surface area contributed by atoms with Crippen molar-refractivity contribution >= 4 is 46.0 Å². The first-order chi connectivity index (χ1) is 12.8. The van der Waals surface area contributed by atoms with Crippen LogP contribution < -0.4 is 9.64 Å². The van der Waals surface area contributed by atoms with E-state index >= 15 is 0 Å². The predicted molar refractivity (Wildman–Crippen MR) is 118 cm³/mol. The van der Waals surface area contributed by atoms with Crippen LogP contribution in [0.1, 0.15) is 30.5 Å². The van der Waals surface area contributed by atoms with Gasteiger partial charge in [0.2, 0.25) is 0 Å². The van der Waals surface area contributed by atoms with Gasteiger partial charge in [-0.1, -0.05) is 67.7 Å². The molecular formula is C22H23NO2S2. The van der Waals surface area contributed by atoms with E-state index in [0.717, 1.165) is 28.1 Å². The van der Waals surface area contributed by atoms with Crippen molar-refractivity contribution in [1.29, 1.82) is 0 Å². The van der Waals surface area contributed by atoms with E-state index in [1.165, 1.54) is 11.8 Å². The van der Waals surface area contributed by atoms with Gasteiger partial charge in [-0.05, 0) is 55.2 Å². The number of ether oxygens (including phenoxy) is 1. The van der Waals surface area contributed by atoms with Crippen molar-refractivity contribution in [2.24, 2.45) is 5.92 Å². The van der Waals surface area contributed by atoms with E-state index in [1.54, 1.807) is 4.90 Å². The van der Waals surface area contributed by atoms with Crippen LogP contribution in [-0.4, -0.2) is 16.8 Å². The second kappa shape index (κ2) is 8.28. The van der Waals surface area contributed by atoms with Gasteiger partial charge >= 0.3 is 0 Å². The Kier molecular flexibility index (Phi) is 6.02. The summed E-state index contributed by atoms with van der Waals surface area (Å²) in [4.78, 5) is 15.2. The van der Waals surface area contributed by atoms with E-state index in [1.807, 2.05) is 56.3 Å². The summed E-state index contributed by atoms with van der Waals surface area (Å²) >= 11 is 6.81. The fraction of sp³-hybridized carbons (Fsp3) is 0.273. The SMILES string of the molecule is Cc1ccc(N2C(=O)/C(=C\c3ccc(OCC(C)C)cc3)SC2=S)c(C)c1. The van der Waals surface area contributed by atoms with Crippen molar-refractivity contribution in [3.63, 3.8) is 0 Å². The molecule has 140 valence electrons. The molecule has 0 radical (unpaired) electrons. The smallest absolute Gasteiger partial charge is 0.270 e. The highest BCUT2D eigenvalue weighted by Gasteiger charge is 2.33. The lowest BCUT2D eigenvalue weighted by atomic mass is 10.1. The highest BCUT2D eigenvalue weighted by molar-refractivity contribution is 8.27. The minimum absolute atomic E-state index is 0.0721. The lowest BCUT2D eigenvalue weighted by Gasteiger charge is -2.17. The van der Waals surface area contributed by atoms with Gasteiger partial charge in [0.25, 0.3) is 5.91 Å². The quantitative estimate of drug-likeness (QED) is 0.475. The molecule has 1 amide bonds. The van der Waals surface area contributed by atoms with Gasteiger partial charge in [0.15, 0.2) is 4.32 Å². The first-order valence-corrected chi connectivity index (χ1v) is 10.2. The molecule has 0 atom stereocenters. The molecule has 0 aromatic heterocycles. The van der Waals surface area contributed by atoms with Crippen LogP contribution in [0, 0.1) is 19.8 Å². The molecule has 3 rings (SSSR count). The fourth-order valence-corrected chi connectivity index (χ4v) is 4.09. The molecule has 0 spiro atoms. The van der Waals surface area contributed by atoms with Crippen molar-refractivity contribution in [3.8, 4) is 5.75 Å². The van der Waals surface area contributed by atoms with Crippen LogP contribution in [-0.2, 0) is 4.79 Å². The number of carbonyl (C=O) groups is 1. The molecule has 0 aliphatic carbocycles. The van der Waals surface area contributed by atoms with Crippen LogP contribution >= 0.6 is 24.0 Å². The average molecular weight is 398 g/mol. The predicted octanol–water partition coefficient (Wildman–Crippen LogP) is 5.74. The average Bonchev–Trinajstić information content (AvgIpc) is 2.88. The molecule has 1 aliphatic heterocycles. The summed E-state index contributed by atoms with van der Waals surface area (Å²) in [5, 5.41) is 0. The number of thioether (sulfide) groups is 1. The Hall–Kier alpha value is -2.11. The minimum atomic E-state index is -0.0721. The van der Waals surface area contributed by atoms with Gasteiger partial charge in [-0.15, -0.1) is 0 Å². The third-order valence-electron chi connectivity index (χ3n) is 4.15. The molecule has 1 heterocycles. The third-order valence-corrected chi connectivity index (χ3v) is 5.45. The van der Waals surface area contributed by atoms with Crippen LogP contribution in [0.4, 0.5) is 5.69 Å². The summed E-state index contributed by atoms with van der Waals surface area (Å²) in [6.45, 7) is 8.96. The van der Waals surface area contributed by atoms with Crippen molar-refractivity contribution in [3.05, 3.63) is 64.1 Å². The molecule has 1 saturated heterocycles. The Morgan fingerprint density at radius 3 is 2.48 bits per heavy atom. The number of rotatable bonds is 5. The molecule has 5 heteroatoms. The molecule has 2 aromatic rings. The molecule has 0 unspecified atom stereocenters. The maximum atomic E-state index is 12.9. The number of benzene rings is 2. The van der Waals surface area contributed by atoms with E-state index in [4.69, 9.17) is 17.0 Å². The van der Waals surface area contributed by atoms with Crippen LogP contribution in [0.5, 0.6) is 5.75 Å². The first-order valence-electron chi connectivity index (χ1n) is 8.93. The van der Waals surface area contributed by atoms with E-state index in [0.29, 0.717) is 21.8 Å². The Morgan fingerprint density at radius 1 is 1.15 bits per heavy atom. The summed E-state index contributed by atoms with van der Waals surface area (Å²) in [5.74, 6) is 1.25. The van der Waals surface area contributed by atoms with Gasteiger partial charge in [0.1, 0.15) is 5.75 Å².